The summed E-state index contributed by atoms with van der Waals surface area (Å²) < 4.78 is 37.5. The van der Waals surface area contributed by atoms with Gasteiger partial charge in [-0.3, -0.25) is 43.3 Å². The SMILES string of the molecule is COCC(COCCCOC(=O)ON1C(=O)CCC1=O)(COCCCOC(=O)ON1C(=O)CCC1=O)COCCCOC(=O)ON1C(=O)CCC1=O. The van der Waals surface area contributed by atoms with Crippen LogP contribution in [0.15, 0.2) is 0 Å². The van der Waals surface area contributed by atoms with Crippen LogP contribution in [0.4, 0.5) is 14.4 Å². The van der Waals surface area contributed by atoms with E-state index in [1.54, 1.807) is 0 Å². The van der Waals surface area contributed by atoms with E-state index in [2.05, 4.69) is 14.5 Å². The number of hydroxylamine groups is 6. The zero-order chi connectivity index (χ0) is 37.9. The molecule has 0 unspecified atom stereocenters. The Labute approximate surface area is 296 Å². The second kappa shape index (κ2) is 21.4. The predicted octanol–water partition coefficient (Wildman–Crippen LogP) is 0.491. The number of hydrogen-bond acceptors (Lipinski definition) is 19. The van der Waals surface area contributed by atoms with E-state index in [0.717, 1.165) is 0 Å². The molecule has 0 saturated carbocycles. The summed E-state index contributed by atoms with van der Waals surface area (Å²) in [5.74, 6) is -3.86. The molecule has 3 rings (SSSR count). The van der Waals surface area contributed by atoms with Crippen molar-refractivity contribution in [2.45, 2.75) is 57.8 Å². The Kier molecular flexibility index (Phi) is 17.1. The molecule has 0 aromatic carbocycles. The Morgan fingerprint density at radius 3 is 0.981 bits per heavy atom. The number of rotatable bonds is 23. The number of carbonyl (C=O) groups excluding carboxylic acids is 9. The highest BCUT2D eigenvalue weighted by molar-refractivity contribution is 6.02. The molecule has 3 saturated heterocycles. The maximum absolute atomic E-state index is 11.8. The van der Waals surface area contributed by atoms with Gasteiger partial charge < -0.3 is 33.2 Å². The summed E-state index contributed by atoms with van der Waals surface area (Å²) in [6.45, 7) is 0.0214. The molecule has 22 heteroatoms. The molecule has 0 spiro atoms. The van der Waals surface area contributed by atoms with Crippen molar-refractivity contribution < 1.29 is 90.8 Å². The van der Waals surface area contributed by atoms with Crippen LogP contribution in [0.1, 0.15) is 57.8 Å². The largest absolute Gasteiger partial charge is 0.533 e. The molecule has 52 heavy (non-hydrogen) atoms. The zero-order valence-corrected chi connectivity index (χ0v) is 28.5. The van der Waals surface area contributed by atoms with E-state index >= 15 is 0 Å². The van der Waals surface area contributed by atoms with Gasteiger partial charge in [-0.15, -0.1) is 0 Å². The van der Waals surface area contributed by atoms with E-state index in [9.17, 15) is 43.2 Å². The number of nitrogens with zero attached hydrogens (tertiary/aromatic N) is 3. The van der Waals surface area contributed by atoms with Crippen LogP contribution in [0.25, 0.3) is 0 Å². The summed E-state index contributed by atoms with van der Waals surface area (Å²) in [5, 5.41) is 1.10. The lowest BCUT2D eigenvalue weighted by molar-refractivity contribution is -0.177. The molecule has 0 N–H and O–H groups in total. The molecule has 3 aliphatic heterocycles. The van der Waals surface area contributed by atoms with Gasteiger partial charge in [-0.25, -0.2) is 14.4 Å². The van der Waals surface area contributed by atoms with E-state index in [4.69, 9.17) is 33.2 Å². The second-order valence-electron chi connectivity index (χ2n) is 11.5. The third-order valence-electron chi connectivity index (χ3n) is 7.15. The molecule has 0 radical (unpaired) electrons. The molecule has 290 valence electrons. The van der Waals surface area contributed by atoms with Crippen molar-refractivity contribution in [1.29, 1.82) is 0 Å². The average molecular weight is 748 g/mol. The summed E-state index contributed by atoms with van der Waals surface area (Å²) in [7, 11) is 1.45. The fourth-order valence-corrected chi connectivity index (χ4v) is 4.65. The van der Waals surface area contributed by atoms with Crippen molar-refractivity contribution in [1.82, 2.24) is 15.2 Å². The monoisotopic (exact) mass is 747 g/mol. The fourth-order valence-electron chi connectivity index (χ4n) is 4.65. The molecule has 0 aromatic rings. The Balaban J connectivity index is 1.40. The second-order valence-corrected chi connectivity index (χ2v) is 11.5. The van der Waals surface area contributed by atoms with Gasteiger partial charge in [-0.1, -0.05) is 15.2 Å². The van der Waals surface area contributed by atoms with Crippen molar-refractivity contribution in [2.24, 2.45) is 5.41 Å². The zero-order valence-electron chi connectivity index (χ0n) is 28.5. The number of amides is 6. The smallest absolute Gasteiger partial charge is 0.433 e. The third-order valence-corrected chi connectivity index (χ3v) is 7.15. The predicted molar refractivity (Wildman–Crippen MR) is 161 cm³/mol. The van der Waals surface area contributed by atoms with Crippen LogP contribution in [-0.2, 0) is 76.4 Å². The summed E-state index contributed by atoms with van der Waals surface area (Å²) in [4.78, 5) is 119. The Morgan fingerprint density at radius 2 is 0.731 bits per heavy atom. The van der Waals surface area contributed by atoms with Gasteiger partial charge in [-0.2, -0.15) is 0 Å². The van der Waals surface area contributed by atoms with Gasteiger partial charge in [0.1, 0.15) is 0 Å². The van der Waals surface area contributed by atoms with Crippen molar-refractivity contribution in [2.75, 3.05) is 73.2 Å². The molecule has 3 heterocycles. The molecule has 0 bridgehead atoms. The first-order valence-electron chi connectivity index (χ1n) is 16.3. The minimum Gasteiger partial charge on any atom is -0.433 e. The normalized spacial score (nSPS) is 16.2. The quantitative estimate of drug-likeness (QED) is 0.0596. The Morgan fingerprint density at radius 1 is 0.462 bits per heavy atom. The average Bonchev–Trinajstić information content (AvgIpc) is 3.72. The lowest BCUT2D eigenvalue weighted by atomic mass is 9.92. The van der Waals surface area contributed by atoms with Crippen LogP contribution < -0.4 is 0 Å². The van der Waals surface area contributed by atoms with Gasteiger partial charge in [0.25, 0.3) is 35.4 Å². The fraction of sp³-hybridized carbons (Fsp3) is 0.700. The minimum atomic E-state index is -1.22. The molecule has 3 fully saturated rings. The van der Waals surface area contributed by atoms with E-state index < -0.39 is 59.3 Å². The highest BCUT2D eigenvalue weighted by Crippen LogP contribution is 2.21. The molecule has 0 atom stereocenters. The van der Waals surface area contributed by atoms with Crippen molar-refractivity contribution in [3.05, 3.63) is 0 Å². The maximum atomic E-state index is 11.8. The van der Waals surface area contributed by atoms with Crippen LogP contribution in [0.2, 0.25) is 0 Å². The van der Waals surface area contributed by atoms with Crippen LogP contribution >= 0.6 is 0 Å². The standard InChI is InChI=1S/C30H41N3O19/c1-43-17-30(18-44-11-2-14-47-27(40)50-31-21(34)5-6-22(31)35,19-45-12-3-15-48-28(41)51-32-23(36)7-8-24(32)37)20-46-13-4-16-49-29(42)52-33-25(38)9-10-26(33)39/h2-20H2,1H3. The summed E-state index contributed by atoms with van der Waals surface area (Å²) in [6.07, 6.45) is -3.36. The Bertz CT molecular complexity index is 1120. The van der Waals surface area contributed by atoms with Gasteiger partial charge in [0.15, 0.2) is 0 Å². The maximum Gasteiger partial charge on any atom is 0.533 e. The first-order valence-corrected chi connectivity index (χ1v) is 16.3. The van der Waals surface area contributed by atoms with Gasteiger partial charge in [0.05, 0.1) is 51.7 Å². The topological polar surface area (TPSA) is 256 Å². The third kappa shape index (κ3) is 13.7. The van der Waals surface area contributed by atoms with E-state index in [-0.39, 0.29) is 124 Å². The van der Waals surface area contributed by atoms with Crippen LogP contribution in [0.5, 0.6) is 0 Å². The van der Waals surface area contributed by atoms with Crippen molar-refractivity contribution in [3.63, 3.8) is 0 Å². The molecule has 0 aromatic heterocycles. The van der Waals surface area contributed by atoms with E-state index in [1.807, 2.05) is 0 Å². The first kappa shape index (κ1) is 41.5. The van der Waals surface area contributed by atoms with Crippen LogP contribution in [0, 0.1) is 5.41 Å². The van der Waals surface area contributed by atoms with E-state index in [1.165, 1.54) is 7.11 Å². The van der Waals surface area contributed by atoms with Gasteiger partial charge in [0, 0.05) is 84.7 Å². The highest BCUT2D eigenvalue weighted by atomic mass is 16.8. The minimum absolute atomic E-state index is 0.0313. The van der Waals surface area contributed by atoms with Crippen LogP contribution in [0.3, 0.4) is 0 Å². The molecular formula is C30H41N3O19. The number of carbonyl (C=O) groups is 9. The number of methoxy groups -OCH3 is 1. The number of ether oxygens (including phenoxy) is 7. The van der Waals surface area contributed by atoms with Gasteiger partial charge in [0.2, 0.25) is 0 Å². The lowest BCUT2D eigenvalue weighted by Crippen LogP contribution is -2.42. The molecule has 6 amide bonds. The Hall–Kier alpha value is -4.93. The number of hydrogen-bond donors (Lipinski definition) is 0. The summed E-state index contributed by atoms with van der Waals surface area (Å²) >= 11 is 0. The van der Waals surface area contributed by atoms with Gasteiger partial charge >= 0.3 is 18.5 Å². The van der Waals surface area contributed by atoms with E-state index in [0.29, 0.717) is 15.2 Å². The summed E-state index contributed by atoms with van der Waals surface area (Å²) in [6, 6.07) is 0. The van der Waals surface area contributed by atoms with Crippen molar-refractivity contribution >= 4 is 53.9 Å². The van der Waals surface area contributed by atoms with Crippen LogP contribution in [-0.4, -0.2) is 142 Å². The lowest BCUT2D eigenvalue weighted by Gasteiger charge is -2.32. The van der Waals surface area contributed by atoms with Gasteiger partial charge in [-0.05, 0) is 0 Å². The molecule has 0 aliphatic carbocycles. The van der Waals surface area contributed by atoms with Crippen molar-refractivity contribution in [3.8, 4) is 0 Å². The number of imide groups is 3. The molecular weight excluding hydrogens is 706 g/mol. The summed E-state index contributed by atoms with van der Waals surface area (Å²) in [5.41, 5.74) is -0.891. The molecule has 22 nitrogen and oxygen atoms in total. The highest BCUT2D eigenvalue weighted by Gasteiger charge is 2.36. The first-order chi connectivity index (χ1) is 24.9. The molecule has 3 aliphatic rings.